The minimum absolute atomic E-state index is 0.130. The minimum atomic E-state index is -0.130. The molecule has 2 rings (SSSR count). The smallest absolute Gasteiger partial charge is 0.214 e. The van der Waals surface area contributed by atoms with Crippen LogP contribution in [-0.2, 0) is 6.54 Å². The molecule has 0 aliphatic heterocycles. The Balaban J connectivity index is 2.10. The van der Waals surface area contributed by atoms with Crippen LogP contribution in [-0.4, -0.2) is 12.1 Å². The van der Waals surface area contributed by atoms with E-state index in [4.69, 9.17) is 4.74 Å². The third-order valence-corrected chi connectivity index (χ3v) is 2.94. The second kappa shape index (κ2) is 5.69. The van der Waals surface area contributed by atoms with E-state index in [1.54, 1.807) is 27.2 Å². The van der Waals surface area contributed by atoms with Crippen molar-refractivity contribution in [1.29, 1.82) is 0 Å². The third kappa shape index (κ3) is 3.22. The zero-order valence-electron chi connectivity index (χ0n) is 11.3. The lowest BCUT2D eigenvalue weighted by Gasteiger charge is -2.10. The maximum absolute atomic E-state index is 13.5. The number of nitrogens with one attached hydrogen (secondary N) is 1. The van der Waals surface area contributed by atoms with Crippen molar-refractivity contribution < 1.29 is 9.13 Å². The first-order valence-corrected chi connectivity index (χ1v) is 6.09. The topological polar surface area (TPSA) is 34.1 Å². The SMILES string of the molecule is COc1cc(NCc2cc(C)c(F)c(C)c2)ccn1. The van der Waals surface area contributed by atoms with Gasteiger partial charge in [-0.1, -0.05) is 12.1 Å². The van der Waals surface area contributed by atoms with E-state index in [0.717, 1.165) is 11.3 Å². The van der Waals surface area contributed by atoms with Crippen molar-refractivity contribution in [2.24, 2.45) is 0 Å². The molecular formula is C15H17FN2O. The summed E-state index contributed by atoms with van der Waals surface area (Å²) in [6, 6.07) is 7.40. The van der Waals surface area contributed by atoms with Crippen molar-refractivity contribution in [2.75, 3.05) is 12.4 Å². The highest BCUT2D eigenvalue weighted by Gasteiger charge is 2.04. The number of ether oxygens (including phenoxy) is 1. The summed E-state index contributed by atoms with van der Waals surface area (Å²) in [6.07, 6.45) is 1.68. The first kappa shape index (κ1) is 13.3. The van der Waals surface area contributed by atoms with E-state index in [1.165, 1.54) is 0 Å². The third-order valence-electron chi connectivity index (χ3n) is 2.94. The number of rotatable bonds is 4. The second-order valence-electron chi connectivity index (χ2n) is 4.48. The van der Waals surface area contributed by atoms with E-state index < -0.39 is 0 Å². The van der Waals surface area contributed by atoms with Gasteiger partial charge in [0.05, 0.1) is 7.11 Å². The largest absolute Gasteiger partial charge is 0.481 e. The molecule has 0 saturated heterocycles. The van der Waals surface area contributed by atoms with Crippen molar-refractivity contribution in [3.05, 3.63) is 53.0 Å². The average molecular weight is 260 g/mol. The van der Waals surface area contributed by atoms with E-state index in [1.807, 2.05) is 24.3 Å². The number of hydrogen-bond acceptors (Lipinski definition) is 3. The maximum atomic E-state index is 13.5. The lowest BCUT2D eigenvalue weighted by Crippen LogP contribution is -2.02. The highest BCUT2D eigenvalue weighted by molar-refractivity contribution is 5.46. The van der Waals surface area contributed by atoms with E-state index in [2.05, 4.69) is 10.3 Å². The fraction of sp³-hybridized carbons (Fsp3) is 0.267. The summed E-state index contributed by atoms with van der Waals surface area (Å²) in [5.74, 6) is 0.436. The number of halogens is 1. The monoisotopic (exact) mass is 260 g/mol. The zero-order valence-corrected chi connectivity index (χ0v) is 11.3. The predicted molar refractivity (Wildman–Crippen MR) is 74.0 cm³/mol. The van der Waals surface area contributed by atoms with Gasteiger partial charge in [-0.3, -0.25) is 0 Å². The van der Waals surface area contributed by atoms with Gasteiger partial charge in [-0.15, -0.1) is 0 Å². The number of aryl methyl sites for hydroxylation is 2. The van der Waals surface area contributed by atoms with Gasteiger partial charge >= 0.3 is 0 Å². The molecule has 1 heterocycles. The molecule has 19 heavy (non-hydrogen) atoms. The summed E-state index contributed by atoms with van der Waals surface area (Å²) < 4.78 is 18.6. The van der Waals surface area contributed by atoms with Gasteiger partial charge in [-0.05, 0) is 36.6 Å². The number of pyridine rings is 1. The molecule has 100 valence electrons. The van der Waals surface area contributed by atoms with Crippen molar-refractivity contribution in [3.63, 3.8) is 0 Å². The maximum Gasteiger partial charge on any atom is 0.214 e. The highest BCUT2D eigenvalue weighted by Crippen LogP contribution is 2.17. The van der Waals surface area contributed by atoms with Gasteiger partial charge in [-0.2, -0.15) is 0 Å². The molecule has 0 saturated carbocycles. The van der Waals surface area contributed by atoms with Crippen LogP contribution < -0.4 is 10.1 Å². The first-order valence-electron chi connectivity index (χ1n) is 6.09. The number of aromatic nitrogens is 1. The van der Waals surface area contributed by atoms with E-state index in [0.29, 0.717) is 23.6 Å². The summed E-state index contributed by atoms with van der Waals surface area (Å²) >= 11 is 0. The summed E-state index contributed by atoms with van der Waals surface area (Å²) in [5, 5.41) is 3.27. The summed E-state index contributed by atoms with van der Waals surface area (Å²) in [7, 11) is 1.58. The van der Waals surface area contributed by atoms with Gasteiger partial charge < -0.3 is 10.1 Å². The van der Waals surface area contributed by atoms with Gasteiger partial charge in [0.2, 0.25) is 5.88 Å². The van der Waals surface area contributed by atoms with Crippen molar-refractivity contribution in [1.82, 2.24) is 4.98 Å². The van der Waals surface area contributed by atoms with Crippen molar-refractivity contribution in [3.8, 4) is 5.88 Å². The number of methoxy groups -OCH3 is 1. The Kier molecular flexibility index (Phi) is 4.00. The van der Waals surface area contributed by atoms with Crippen LogP contribution in [0, 0.1) is 19.7 Å². The lowest BCUT2D eigenvalue weighted by atomic mass is 10.1. The molecule has 1 aromatic heterocycles. The molecule has 4 heteroatoms. The molecule has 2 aromatic rings. The Hall–Kier alpha value is -2.10. The van der Waals surface area contributed by atoms with Gasteiger partial charge in [-0.25, -0.2) is 9.37 Å². The Morgan fingerprint density at radius 3 is 2.53 bits per heavy atom. The van der Waals surface area contributed by atoms with Crippen LogP contribution in [0.25, 0.3) is 0 Å². The second-order valence-corrected chi connectivity index (χ2v) is 4.48. The van der Waals surface area contributed by atoms with E-state index in [-0.39, 0.29) is 5.82 Å². The fourth-order valence-corrected chi connectivity index (χ4v) is 1.97. The number of nitrogens with zero attached hydrogens (tertiary/aromatic N) is 1. The molecule has 0 unspecified atom stereocenters. The van der Waals surface area contributed by atoms with Crippen molar-refractivity contribution >= 4 is 5.69 Å². The van der Waals surface area contributed by atoms with Crippen LogP contribution in [0.2, 0.25) is 0 Å². The highest BCUT2D eigenvalue weighted by atomic mass is 19.1. The Bertz CT molecular complexity index is 561. The number of anilines is 1. The molecule has 0 atom stereocenters. The molecule has 1 N–H and O–H groups in total. The Morgan fingerprint density at radius 2 is 1.89 bits per heavy atom. The van der Waals surface area contributed by atoms with Gasteiger partial charge in [0.1, 0.15) is 5.82 Å². The average Bonchev–Trinajstić information content (AvgIpc) is 2.42. The molecule has 3 nitrogen and oxygen atoms in total. The summed E-state index contributed by atoms with van der Waals surface area (Å²) in [5.41, 5.74) is 3.31. The van der Waals surface area contributed by atoms with Crippen LogP contribution in [0.15, 0.2) is 30.5 Å². The molecule has 0 radical (unpaired) electrons. The van der Waals surface area contributed by atoms with Gasteiger partial charge in [0, 0.05) is 24.5 Å². The number of hydrogen-bond donors (Lipinski definition) is 1. The van der Waals surface area contributed by atoms with Crippen LogP contribution in [0.4, 0.5) is 10.1 Å². The quantitative estimate of drug-likeness (QED) is 0.914. The van der Waals surface area contributed by atoms with E-state index in [9.17, 15) is 4.39 Å². The number of benzene rings is 1. The fourth-order valence-electron chi connectivity index (χ4n) is 1.97. The van der Waals surface area contributed by atoms with Crippen LogP contribution >= 0.6 is 0 Å². The normalized spacial score (nSPS) is 10.3. The zero-order chi connectivity index (χ0) is 13.8. The standard InChI is InChI=1S/C15H17FN2O/c1-10-6-12(7-11(2)15(10)16)9-18-13-4-5-17-14(8-13)19-3/h4-8H,9H2,1-3H3,(H,17,18). The molecule has 0 aliphatic rings. The Labute approximate surface area is 112 Å². The molecule has 0 amide bonds. The molecular weight excluding hydrogens is 243 g/mol. The predicted octanol–water partition coefficient (Wildman–Crippen LogP) is 3.46. The molecule has 0 spiro atoms. The Morgan fingerprint density at radius 1 is 1.21 bits per heavy atom. The van der Waals surface area contributed by atoms with Gasteiger partial charge in [0.25, 0.3) is 0 Å². The van der Waals surface area contributed by atoms with Gasteiger partial charge in [0.15, 0.2) is 0 Å². The summed E-state index contributed by atoms with van der Waals surface area (Å²) in [6.45, 7) is 4.19. The van der Waals surface area contributed by atoms with Crippen LogP contribution in [0.1, 0.15) is 16.7 Å². The molecule has 0 aliphatic carbocycles. The van der Waals surface area contributed by atoms with Crippen LogP contribution in [0.3, 0.4) is 0 Å². The minimum Gasteiger partial charge on any atom is -0.481 e. The summed E-state index contributed by atoms with van der Waals surface area (Å²) in [4.78, 5) is 4.04. The van der Waals surface area contributed by atoms with E-state index >= 15 is 0 Å². The molecule has 0 bridgehead atoms. The van der Waals surface area contributed by atoms with Crippen LogP contribution in [0.5, 0.6) is 5.88 Å². The molecule has 0 fully saturated rings. The first-order chi connectivity index (χ1) is 9.10. The van der Waals surface area contributed by atoms with Crippen molar-refractivity contribution in [2.45, 2.75) is 20.4 Å². The lowest BCUT2D eigenvalue weighted by molar-refractivity contribution is 0.398. The molecule has 1 aromatic carbocycles.